The van der Waals surface area contributed by atoms with Crippen molar-refractivity contribution in [1.82, 2.24) is 10.2 Å². The number of benzene rings is 1. The third-order valence-corrected chi connectivity index (χ3v) is 3.88. The minimum absolute atomic E-state index is 0.0324. The Morgan fingerprint density at radius 3 is 3.05 bits per heavy atom. The third-order valence-electron chi connectivity index (χ3n) is 3.39. The highest BCUT2D eigenvalue weighted by Gasteiger charge is 2.25. The van der Waals surface area contributed by atoms with Crippen LogP contribution in [-0.4, -0.2) is 41.6 Å². The number of carbonyl (C=O) groups excluding carboxylic acids is 1. The van der Waals surface area contributed by atoms with Gasteiger partial charge >= 0.3 is 0 Å². The van der Waals surface area contributed by atoms with Crippen LogP contribution in [0, 0.1) is 0 Å². The second-order valence-corrected chi connectivity index (χ2v) is 5.73. The van der Waals surface area contributed by atoms with Crippen LogP contribution in [0.25, 0.3) is 0 Å². The summed E-state index contributed by atoms with van der Waals surface area (Å²) < 4.78 is 0.769. The number of nitrogens with one attached hydrogen (secondary N) is 1. The third kappa shape index (κ3) is 3.48. The molecule has 1 heterocycles. The number of amides is 1. The van der Waals surface area contributed by atoms with E-state index in [9.17, 15) is 9.90 Å². The molecule has 1 aromatic rings. The number of phenols is 1. The van der Waals surface area contributed by atoms with Gasteiger partial charge in [-0.25, -0.2) is 0 Å². The smallest absolute Gasteiger partial charge is 0.257 e. The summed E-state index contributed by atoms with van der Waals surface area (Å²) in [6.45, 7) is 4.45. The zero-order chi connectivity index (χ0) is 13.8. The highest BCUT2D eigenvalue weighted by molar-refractivity contribution is 9.10. The second kappa shape index (κ2) is 6.39. The molecule has 0 spiro atoms. The highest BCUT2D eigenvalue weighted by Crippen LogP contribution is 2.24. The monoisotopic (exact) mass is 326 g/mol. The van der Waals surface area contributed by atoms with Crippen molar-refractivity contribution < 1.29 is 9.90 Å². The fraction of sp³-hybridized carbons (Fsp3) is 0.500. The lowest BCUT2D eigenvalue weighted by atomic mass is 10.0. The first-order valence-electron chi connectivity index (χ1n) is 6.63. The Kier molecular flexibility index (Phi) is 4.82. The van der Waals surface area contributed by atoms with Gasteiger partial charge in [0.05, 0.1) is 5.56 Å². The molecule has 0 radical (unpaired) electrons. The molecule has 0 aliphatic carbocycles. The fourth-order valence-electron chi connectivity index (χ4n) is 2.47. The van der Waals surface area contributed by atoms with Crippen LogP contribution in [-0.2, 0) is 0 Å². The first kappa shape index (κ1) is 14.3. The van der Waals surface area contributed by atoms with E-state index in [0.29, 0.717) is 18.2 Å². The quantitative estimate of drug-likeness (QED) is 0.896. The number of aromatic hydroxyl groups is 1. The summed E-state index contributed by atoms with van der Waals surface area (Å²) in [4.78, 5) is 14.2. The van der Waals surface area contributed by atoms with Gasteiger partial charge in [-0.15, -0.1) is 0 Å². The second-order valence-electron chi connectivity index (χ2n) is 4.81. The van der Waals surface area contributed by atoms with Crippen molar-refractivity contribution in [2.75, 3.05) is 19.6 Å². The number of rotatable bonds is 3. The van der Waals surface area contributed by atoms with E-state index in [1.54, 1.807) is 18.2 Å². The minimum atomic E-state index is -0.0902. The van der Waals surface area contributed by atoms with Gasteiger partial charge in [-0.1, -0.05) is 22.9 Å². The Labute approximate surface area is 121 Å². The number of carbonyl (C=O) groups is 1. The van der Waals surface area contributed by atoms with Crippen molar-refractivity contribution in [1.29, 1.82) is 0 Å². The van der Waals surface area contributed by atoms with Gasteiger partial charge in [0.1, 0.15) is 5.75 Å². The van der Waals surface area contributed by atoms with Crippen LogP contribution >= 0.6 is 15.9 Å². The SMILES string of the molecule is CCNC1CCCN(C(=O)c2ccc(Br)cc2O)C1. The van der Waals surface area contributed by atoms with Gasteiger partial charge in [-0.3, -0.25) is 4.79 Å². The molecule has 2 rings (SSSR count). The number of likely N-dealkylation sites (N-methyl/N-ethyl adjacent to an activating group) is 1. The van der Waals surface area contributed by atoms with Gasteiger partial charge < -0.3 is 15.3 Å². The van der Waals surface area contributed by atoms with Crippen molar-refractivity contribution in [3.63, 3.8) is 0 Å². The zero-order valence-corrected chi connectivity index (χ0v) is 12.6. The fourth-order valence-corrected chi connectivity index (χ4v) is 2.82. The van der Waals surface area contributed by atoms with E-state index in [0.717, 1.165) is 30.4 Å². The Bertz CT molecular complexity index is 463. The molecule has 1 aliphatic heterocycles. The van der Waals surface area contributed by atoms with E-state index in [1.165, 1.54) is 0 Å². The van der Waals surface area contributed by atoms with Crippen molar-refractivity contribution >= 4 is 21.8 Å². The number of halogens is 1. The predicted molar refractivity (Wildman–Crippen MR) is 78.4 cm³/mol. The Morgan fingerprint density at radius 1 is 1.58 bits per heavy atom. The first-order valence-corrected chi connectivity index (χ1v) is 7.42. The maximum absolute atomic E-state index is 12.4. The lowest BCUT2D eigenvalue weighted by molar-refractivity contribution is 0.0692. The summed E-state index contributed by atoms with van der Waals surface area (Å²) in [6.07, 6.45) is 2.10. The summed E-state index contributed by atoms with van der Waals surface area (Å²) in [7, 11) is 0. The number of likely N-dealkylation sites (tertiary alicyclic amines) is 1. The molecule has 0 saturated carbocycles. The Balaban J connectivity index is 2.10. The Hall–Kier alpha value is -1.07. The topological polar surface area (TPSA) is 52.6 Å². The number of hydrogen-bond donors (Lipinski definition) is 2. The summed E-state index contributed by atoms with van der Waals surface area (Å²) in [5.41, 5.74) is 0.375. The Morgan fingerprint density at radius 2 is 2.37 bits per heavy atom. The molecule has 1 saturated heterocycles. The van der Waals surface area contributed by atoms with Gasteiger partial charge in [0, 0.05) is 23.6 Å². The predicted octanol–water partition coefficient (Wildman–Crippen LogP) is 2.37. The number of phenolic OH excluding ortho intramolecular Hbond substituents is 1. The minimum Gasteiger partial charge on any atom is -0.507 e. The number of nitrogens with zero attached hydrogens (tertiary/aromatic N) is 1. The molecule has 1 fully saturated rings. The average Bonchev–Trinajstić information content (AvgIpc) is 2.39. The number of hydrogen-bond acceptors (Lipinski definition) is 3. The molecular formula is C14H19BrN2O2. The van der Waals surface area contributed by atoms with E-state index in [2.05, 4.69) is 28.2 Å². The van der Waals surface area contributed by atoms with Crippen LogP contribution in [0.5, 0.6) is 5.75 Å². The number of piperidine rings is 1. The normalized spacial score (nSPS) is 19.5. The molecular weight excluding hydrogens is 308 g/mol. The maximum Gasteiger partial charge on any atom is 0.257 e. The van der Waals surface area contributed by atoms with E-state index < -0.39 is 0 Å². The van der Waals surface area contributed by atoms with Gasteiger partial charge in [0.2, 0.25) is 0 Å². The maximum atomic E-state index is 12.4. The molecule has 1 aromatic carbocycles. The molecule has 2 N–H and O–H groups in total. The van der Waals surface area contributed by atoms with Gasteiger partial charge in [0.15, 0.2) is 0 Å². The van der Waals surface area contributed by atoms with Crippen LogP contribution in [0.15, 0.2) is 22.7 Å². The molecule has 1 atom stereocenters. The van der Waals surface area contributed by atoms with Crippen LogP contribution in [0.3, 0.4) is 0 Å². The largest absolute Gasteiger partial charge is 0.507 e. The van der Waals surface area contributed by atoms with Crippen molar-refractivity contribution in [2.24, 2.45) is 0 Å². The summed E-state index contributed by atoms with van der Waals surface area (Å²) in [6, 6.07) is 5.36. The highest BCUT2D eigenvalue weighted by atomic mass is 79.9. The molecule has 104 valence electrons. The van der Waals surface area contributed by atoms with Crippen molar-refractivity contribution in [2.45, 2.75) is 25.8 Å². The zero-order valence-electron chi connectivity index (χ0n) is 11.0. The first-order chi connectivity index (χ1) is 9.11. The molecule has 1 amide bonds. The summed E-state index contributed by atoms with van der Waals surface area (Å²) >= 11 is 3.28. The molecule has 0 aromatic heterocycles. The average molecular weight is 327 g/mol. The van der Waals surface area contributed by atoms with E-state index in [1.807, 2.05) is 4.90 Å². The van der Waals surface area contributed by atoms with Crippen LogP contribution in [0.1, 0.15) is 30.1 Å². The molecule has 1 unspecified atom stereocenters. The molecule has 4 nitrogen and oxygen atoms in total. The van der Waals surface area contributed by atoms with Crippen molar-refractivity contribution in [3.8, 4) is 5.75 Å². The van der Waals surface area contributed by atoms with Crippen molar-refractivity contribution in [3.05, 3.63) is 28.2 Å². The summed E-state index contributed by atoms with van der Waals surface area (Å²) in [5, 5.41) is 13.2. The van der Waals surface area contributed by atoms with Crippen LogP contribution in [0.4, 0.5) is 0 Å². The van der Waals surface area contributed by atoms with E-state index >= 15 is 0 Å². The lowest BCUT2D eigenvalue weighted by Crippen LogP contribution is -2.47. The standard InChI is InChI=1S/C14H19BrN2O2/c1-2-16-11-4-3-7-17(9-11)14(19)12-6-5-10(15)8-13(12)18/h5-6,8,11,16,18H,2-4,7,9H2,1H3. The molecule has 19 heavy (non-hydrogen) atoms. The van der Waals surface area contributed by atoms with Gasteiger partial charge in [0.25, 0.3) is 5.91 Å². The molecule has 0 bridgehead atoms. The lowest BCUT2D eigenvalue weighted by Gasteiger charge is -2.33. The molecule has 5 heteroatoms. The van der Waals surface area contributed by atoms with E-state index in [-0.39, 0.29) is 11.7 Å². The van der Waals surface area contributed by atoms with Gasteiger partial charge in [-0.2, -0.15) is 0 Å². The van der Waals surface area contributed by atoms with Crippen LogP contribution < -0.4 is 5.32 Å². The summed E-state index contributed by atoms with van der Waals surface area (Å²) in [5.74, 6) is -0.0578. The van der Waals surface area contributed by atoms with Gasteiger partial charge in [-0.05, 0) is 37.6 Å². The molecule has 1 aliphatic rings. The van der Waals surface area contributed by atoms with Crippen LogP contribution in [0.2, 0.25) is 0 Å². The van der Waals surface area contributed by atoms with E-state index in [4.69, 9.17) is 0 Å².